The van der Waals surface area contributed by atoms with Crippen LogP contribution in [0.4, 0.5) is 0 Å². The summed E-state index contributed by atoms with van der Waals surface area (Å²) in [6.07, 6.45) is 2.26. The number of benzene rings is 2. The third kappa shape index (κ3) is 3.51. The van der Waals surface area contributed by atoms with Crippen LogP contribution in [0.5, 0.6) is 0 Å². The number of amides is 2. The fraction of sp³-hybridized carbons (Fsp3) is 0.200. The number of hydrogen-bond donors (Lipinski definition) is 0. The predicted octanol–water partition coefficient (Wildman–Crippen LogP) is 3.33. The molecule has 0 spiro atoms. The molecule has 5 heteroatoms. The number of nitrogens with zero attached hydrogens (tertiary/aromatic N) is 2. The van der Waals surface area contributed by atoms with Crippen molar-refractivity contribution in [3.8, 4) is 0 Å². The minimum absolute atomic E-state index is 0.0794. The maximum atomic E-state index is 12.9. The lowest BCUT2D eigenvalue weighted by molar-refractivity contribution is -0.148. The van der Waals surface area contributed by atoms with Crippen molar-refractivity contribution < 1.29 is 9.59 Å². The highest BCUT2D eigenvalue weighted by molar-refractivity contribution is 9.10. The molecule has 2 aromatic rings. The SMILES string of the molecule is CN1C(=O)C(Cc2ccccc2)N(C)C(=O)C1=Cc1ccccc1Br. The number of hydrogen-bond acceptors (Lipinski definition) is 2. The van der Waals surface area contributed by atoms with Gasteiger partial charge in [-0.15, -0.1) is 0 Å². The Hall–Kier alpha value is -2.40. The molecular formula is C20H19BrN2O2. The second-order valence-corrected chi connectivity index (χ2v) is 6.92. The molecule has 1 fully saturated rings. The Balaban J connectivity index is 1.91. The molecule has 0 radical (unpaired) electrons. The molecule has 0 saturated carbocycles. The first-order valence-corrected chi connectivity index (χ1v) is 8.83. The fourth-order valence-corrected chi connectivity index (χ4v) is 3.33. The zero-order valence-corrected chi connectivity index (χ0v) is 15.7. The Labute approximate surface area is 155 Å². The van der Waals surface area contributed by atoms with Crippen LogP contribution in [0, 0.1) is 0 Å². The fourth-order valence-electron chi connectivity index (χ4n) is 2.93. The van der Waals surface area contributed by atoms with E-state index in [1.54, 1.807) is 20.2 Å². The summed E-state index contributed by atoms with van der Waals surface area (Å²) in [6, 6.07) is 16.9. The van der Waals surface area contributed by atoms with Crippen molar-refractivity contribution in [1.82, 2.24) is 9.80 Å². The van der Waals surface area contributed by atoms with E-state index in [4.69, 9.17) is 0 Å². The summed E-state index contributed by atoms with van der Waals surface area (Å²) in [6.45, 7) is 0. The van der Waals surface area contributed by atoms with E-state index in [1.165, 1.54) is 9.80 Å². The molecule has 1 heterocycles. The molecule has 0 bridgehead atoms. The van der Waals surface area contributed by atoms with Crippen molar-refractivity contribution in [2.75, 3.05) is 14.1 Å². The highest BCUT2D eigenvalue weighted by Gasteiger charge is 2.39. The summed E-state index contributed by atoms with van der Waals surface area (Å²) in [5.41, 5.74) is 2.27. The van der Waals surface area contributed by atoms with Crippen molar-refractivity contribution in [2.45, 2.75) is 12.5 Å². The van der Waals surface area contributed by atoms with Gasteiger partial charge in [-0.3, -0.25) is 9.59 Å². The summed E-state index contributed by atoms with van der Waals surface area (Å²) in [7, 11) is 3.35. The molecule has 1 saturated heterocycles. The second-order valence-electron chi connectivity index (χ2n) is 6.07. The van der Waals surface area contributed by atoms with E-state index in [2.05, 4.69) is 15.9 Å². The zero-order valence-electron chi connectivity index (χ0n) is 14.1. The van der Waals surface area contributed by atoms with Crippen LogP contribution in [-0.2, 0) is 16.0 Å². The maximum Gasteiger partial charge on any atom is 0.271 e. The lowest BCUT2D eigenvalue weighted by Gasteiger charge is -2.38. The van der Waals surface area contributed by atoms with Crippen LogP contribution in [0.15, 0.2) is 64.8 Å². The van der Waals surface area contributed by atoms with E-state index in [-0.39, 0.29) is 11.8 Å². The van der Waals surface area contributed by atoms with Gasteiger partial charge in [-0.2, -0.15) is 0 Å². The quantitative estimate of drug-likeness (QED) is 0.743. The lowest BCUT2D eigenvalue weighted by Crippen LogP contribution is -2.56. The summed E-state index contributed by atoms with van der Waals surface area (Å²) in [5, 5.41) is 0. The third-order valence-corrected chi connectivity index (χ3v) is 5.18. The highest BCUT2D eigenvalue weighted by atomic mass is 79.9. The predicted molar refractivity (Wildman–Crippen MR) is 102 cm³/mol. The Kier molecular flexibility index (Phi) is 5.04. The minimum Gasteiger partial charge on any atom is -0.328 e. The van der Waals surface area contributed by atoms with Crippen molar-refractivity contribution in [3.63, 3.8) is 0 Å². The zero-order chi connectivity index (χ0) is 18.0. The molecule has 2 aromatic carbocycles. The summed E-state index contributed by atoms with van der Waals surface area (Å²) >= 11 is 3.48. The number of halogens is 1. The maximum absolute atomic E-state index is 12.9. The molecule has 1 aliphatic rings. The molecule has 1 unspecified atom stereocenters. The van der Waals surface area contributed by atoms with Crippen molar-refractivity contribution in [1.29, 1.82) is 0 Å². The Morgan fingerprint density at radius 1 is 1.00 bits per heavy atom. The third-order valence-electron chi connectivity index (χ3n) is 4.45. The summed E-state index contributed by atoms with van der Waals surface area (Å²) in [5.74, 6) is -0.233. The van der Waals surface area contributed by atoms with Gasteiger partial charge in [0.2, 0.25) is 5.91 Å². The topological polar surface area (TPSA) is 40.6 Å². The molecule has 4 nitrogen and oxygen atoms in total. The van der Waals surface area contributed by atoms with Crippen LogP contribution in [0.25, 0.3) is 6.08 Å². The summed E-state index contributed by atoms with van der Waals surface area (Å²) < 4.78 is 0.880. The molecule has 1 aliphatic heterocycles. The standard InChI is InChI=1S/C20H19BrN2O2/c1-22-17(12-14-8-4-3-5-9-14)19(24)23(2)18(20(22)25)13-15-10-6-7-11-16(15)21/h3-11,13,17H,12H2,1-2H3. The van der Waals surface area contributed by atoms with Crippen LogP contribution in [-0.4, -0.2) is 41.8 Å². The van der Waals surface area contributed by atoms with Gasteiger partial charge in [-0.25, -0.2) is 0 Å². The van der Waals surface area contributed by atoms with E-state index in [0.29, 0.717) is 12.1 Å². The number of rotatable bonds is 3. The Bertz CT molecular complexity index is 833. The van der Waals surface area contributed by atoms with E-state index in [1.807, 2.05) is 54.6 Å². The molecule has 1 atom stereocenters. The first kappa shape index (κ1) is 17.4. The van der Waals surface area contributed by atoms with E-state index in [9.17, 15) is 9.59 Å². The average molecular weight is 399 g/mol. The van der Waals surface area contributed by atoms with Gasteiger partial charge in [-0.1, -0.05) is 64.5 Å². The number of carbonyl (C=O) groups excluding carboxylic acids is 2. The normalized spacial score (nSPS) is 19.6. The van der Waals surface area contributed by atoms with Gasteiger partial charge >= 0.3 is 0 Å². The largest absolute Gasteiger partial charge is 0.328 e. The molecule has 2 amide bonds. The van der Waals surface area contributed by atoms with Crippen LogP contribution in [0.1, 0.15) is 11.1 Å². The Morgan fingerprint density at radius 2 is 1.64 bits per heavy atom. The van der Waals surface area contributed by atoms with Crippen LogP contribution < -0.4 is 0 Å². The van der Waals surface area contributed by atoms with Crippen molar-refractivity contribution >= 4 is 33.8 Å². The molecule has 128 valence electrons. The first-order valence-electron chi connectivity index (χ1n) is 8.04. The van der Waals surface area contributed by atoms with Gasteiger partial charge in [-0.05, 0) is 23.3 Å². The molecule has 0 aromatic heterocycles. The van der Waals surface area contributed by atoms with E-state index < -0.39 is 6.04 Å². The van der Waals surface area contributed by atoms with Crippen LogP contribution >= 0.6 is 15.9 Å². The highest BCUT2D eigenvalue weighted by Crippen LogP contribution is 2.25. The van der Waals surface area contributed by atoms with Crippen LogP contribution in [0.2, 0.25) is 0 Å². The molecule has 3 rings (SSSR count). The van der Waals surface area contributed by atoms with Gasteiger partial charge < -0.3 is 9.80 Å². The average Bonchev–Trinajstić information content (AvgIpc) is 2.63. The van der Waals surface area contributed by atoms with E-state index in [0.717, 1.165) is 15.6 Å². The van der Waals surface area contributed by atoms with Gasteiger partial charge in [0.05, 0.1) is 0 Å². The van der Waals surface area contributed by atoms with Crippen molar-refractivity contribution in [2.24, 2.45) is 0 Å². The smallest absolute Gasteiger partial charge is 0.271 e. The lowest BCUT2D eigenvalue weighted by atomic mass is 10.00. The molecule has 0 N–H and O–H groups in total. The van der Waals surface area contributed by atoms with Crippen molar-refractivity contribution in [3.05, 3.63) is 75.9 Å². The van der Waals surface area contributed by atoms with E-state index >= 15 is 0 Å². The van der Waals surface area contributed by atoms with Gasteiger partial charge in [0.1, 0.15) is 11.7 Å². The summed E-state index contributed by atoms with van der Waals surface area (Å²) in [4.78, 5) is 28.7. The minimum atomic E-state index is -0.490. The van der Waals surface area contributed by atoms with Crippen LogP contribution in [0.3, 0.4) is 0 Å². The second kappa shape index (κ2) is 7.23. The number of likely N-dealkylation sites (N-methyl/N-ethyl adjacent to an activating group) is 2. The number of piperazine rings is 1. The number of carbonyl (C=O) groups is 2. The van der Waals surface area contributed by atoms with Gasteiger partial charge in [0.25, 0.3) is 5.91 Å². The van der Waals surface area contributed by atoms with Gasteiger partial charge in [0.15, 0.2) is 0 Å². The molecule has 0 aliphatic carbocycles. The first-order chi connectivity index (χ1) is 12.0. The molecule has 25 heavy (non-hydrogen) atoms. The van der Waals surface area contributed by atoms with Gasteiger partial charge in [0, 0.05) is 25.0 Å². The monoisotopic (exact) mass is 398 g/mol. The Morgan fingerprint density at radius 3 is 2.32 bits per heavy atom. The molecular weight excluding hydrogens is 380 g/mol.